The van der Waals surface area contributed by atoms with Crippen molar-refractivity contribution in [2.45, 2.75) is 27.7 Å². The van der Waals surface area contributed by atoms with E-state index in [1.54, 1.807) is 13.0 Å². The van der Waals surface area contributed by atoms with Gasteiger partial charge in [-0.25, -0.2) is 18.1 Å². The molecule has 0 saturated carbocycles. The fourth-order valence-corrected chi connectivity index (χ4v) is 3.28. The zero-order valence-corrected chi connectivity index (χ0v) is 17.4. The van der Waals surface area contributed by atoms with Gasteiger partial charge in [0.1, 0.15) is 0 Å². The van der Waals surface area contributed by atoms with Crippen molar-refractivity contribution in [2.24, 2.45) is 4.99 Å². The van der Waals surface area contributed by atoms with Crippen molar-refractivity contribution in [1.29, 1.82) is 0 Å². The average Bonchev–Trinajstić information content (AvgIpc) is 2.57. The minimum absolute atomic E-state index is 0.0276. The first kappa shape index (κ1) is 21.1. The fraction of sp³-hybridized carbons (Fsp3) is 0.400. The van der Waals surface area contributed by atoms with Gasteiger partial charge in [0, 0.05) is 25.3 Å². The average molecular weight is 390 g/mol. The van der Waals surface area contributed by atoms with E-state index in [2.05, 4.69) is 9.62 Å². The van der Waals surface area contributed by atoms with Gasteiger partial charge in [-0.05, 0) is 74.8 Å². The van der Waals surface area contributed by atoms with Crippen LogP contribution in [-0.2, 0) is 14.8 Å². The molecule has 0 saturated heterocycles. The molecule has 1 N–H and O–H groups in total. The maximum Gasteiger partial charge on any atom is 0.208 e. The molecule has 0 unspecified atom stereocenters. The summed E-state index contributed by atoms with van der Waals surface area (Å²) in [5.41, 5.74) is 5.23. The zero-order chi connectivity index (χ0) is 20.2. The van der Waals surface area contributed by atoms with E-state index in [0.29, 0.717) is 18.7 Å². The summed E-state index contributed by atoms with van der Waals surface area (Å²) < 4.78 is 25.0. The SMILES string of the molecule is CCN(CCNS(C)(=O)=O)c1ccc(N=C2C=C(C)C(=O)C=C2C)c(C)c1. The van der Waals surface area contributed by atoms with Gasteiger partial charge >= 0.3 is 0 Å². The second-order valence-corrected chi connectivity index (χ2v) is 8.57. The van der Waals surface area contributed by atoms with Crippen molar-refractivity contribution in [1.82, 2.24) is 4.72 Å². The van der Waals surface area contributed by atoms with Crippen LogP contribution in [0.1, 0.15) is 26.3 Å². The number of ketones is 1. The van der Waals surface area contributed by atoms with E-state index in [-0.39, 0.29) is 5.78 Å². The number of benzene rings is 1. The van der Waals surface area contributed by atoms with Gasteiger partial charge < -0.3 is 4.90 Å². The lowest BCUT2D eigenvalue weighted by atomic mass is 9.98. The molecule has 0 aromatic heterocycles. The number of aliphatic imine (C=N–C) groups is 1. The largest absolute Gasteiger partial charge is 0.370 e. The van der Waals surface area contributed by atoms with Crippen molar-refractivity contribution < 1.29 is 13.2 Å². The number of nitrogens with zero attached hydrogens (tertiary/aromatic N) is 2. The van der Waals surface area contributed by atoms with E-state index in [1.807, 2.05) is 45.0 Å². The summed E-state index contributed by atoms with van der Waals surface area (Å²) in [6.45, 7) is 9.42. The lowest BCUT2D eigenvalue weighted by Gasteiger charge is -2.24. The molecule has 0 spiro atoms. The molecule has 0 atom stereocenters. The molecule has 2 rings (SSSR count). The minimum Gasteiger partial charge on any atom is -0.370 e. The van der Waals surface area contributed by atoms with E-state index in [9.17, 15) is 13.2 Å². The van der Waals surface area contributed by atoms with Gasteiger partial charge in [-0.1, -0.05) is 0 Å². The van der Waals surface area contributed by atoms with Gasteiger partial charge in [-0.3, -0.25) is 4.79 Å². The highest BCUT2D eigenvalue weighted by atomic mass is 32.2. The Bertz CT molecular complexity index is 928. The maximum atomic E-state index is 11.7. The van der Waals surface area contributed by atoms with Crippen LogP contribution >= 0.6 is 0 Å². The molecule has 146 valence electrons. The van der Waals surface area contributed by atoms with Crippen LogP contribution in [0.2, 0.25) is 0 Å². The Morgan fingerprint density at radius 2 is 1.81 bits per heavy atom. The summed E-state index contributed by atoms with van der Waals surface area (Å²) in [7, 11) is -3.18. The van der Waals surface area contributed by atoms with Crippen LogP contribution in [0.25, 0.3) is 0 Å². The number of anilines is 1. The predicted molar refractivity (Wildman–Crippen MR) is 112 cm³/mol. The van der Waals surface area contributed by atoms with Gasteiger partial charge in [-0.2, -0.15) is 0 Å². The molecule has 1 aliphatic rings. The number of rotatable bonds is 7. The highest BCUT2D eigenvalue weighted by Crippen LogP contribution is 2.26. The minimum atomic E-state index is -3.18. The summed E-state index contributed by atoms with van der Waals surface area (Å²) in [5.74, 6) is 0.0276. The van der Waals surface area contributed by atoms with E-state index >= 15 is 0 Å². The van der Waals surface area contributed by atoms with Crippen LogP contribution in [0.4, 0.5) is 11.4 Å². The third kappa shape index (κ3) is 5.87. The molecule has 6 nitrogen and oxygen atoms in total. The van der Waals surface area contributed by atoms with Crippen LogP contribution in [0.15, 0.2) is 46.5 Å². The summed E-state index contributed by atoms with van der Waals surface area (Å²) in [5, 5.41) is 0. The number of hydrogen-bond donors (Lipinski definition) is 1. The fourth-order valence-electron chi connectivity index (χ4n) is 2.82. The van der Waals surface area contributed by atoms with E-state index in [0.717, 1.165) is 41.0 Å². The Kier molecular flexibility index (Phi) is 6.73. The molecular weight excluding hydrogens is 362 g/mol. The van der Waals surface area contributed by atoms with Crippen LogP contribution in [0.5, 0.6) is 0 Å². The van der Waals surface area contributed by atoms with Crippen LogP contribution in [-0.4, -0.2) is 45.8 Å². The molecule has 0 aliphatic heterocycles. The highest BCUT2D eigenvalue weighted by Gasteiger charge is 2.13. The number of likely N-dealkylation sites (N-methyl/N-ethyl adjacent to an activating group) is 1. The number of carbonyl (C=O) groups is 1. The number of hydrogen-bond acceptors (Lipinski definition) is 5. The molecule has 1 aromatic carbocycles. The molecule has 1 aromatic rings. The number of allylic oxidation sites excluding steroid dienone is 4. The quantitative estimate of drug-likeness (QED) is 0.727. The molecule has 0 bridgehead atoms. The number of carbonyl (C=O) groups excluding carboxylic acids is 1. The lowest BCUT2D eigenvalue weighted by molar-refractivity contribution is -0.111. The van der Waals surface area contributed by atoms with Crippen molar-refractivity contribution in [3.63, 3.8) is 0 Å². The molecular formula is C20H27N3O3S. The van der Waals surface area contributed by atoms with Crippen LogP contribution in [0.3, 0.4) is 0 Å². The summed E-state index contributed by atoms with van der Waals surface area (Å²) in [6, 6.07) is 5.99. The molecule has 27 heavy (non-hydrogen) atoms. The topological polar surface area (TPSA) is 78.8 Å². The van der Waals surface area contributed by atoms with Crippen LogP contribution < -0.4 is 9.62 Å². The number of aryl methyl sites for hydroxylation is 1. The highest BCUT2D eigenvalue weighted by molar-refractivity contribution is 7.88. The predicted octanol–water partition coefficient (Wildman–Crippen LogP) is 2.92. The second kappa shape index (κ2) is 8.63. The van der Waals surface area contributed by atoms with Crippen molar-refractivity contribution in [3.8, 4) is 0 Å². The Morgan fingerprint density at radius 3 is 2.41 bits per heavy atom. The first-order valence-corrected chi connectivity index (χ1v) is 10.8. The first-order chi connectivity index (χ1) is 12.6. The second-order valence-electron chi connectivity index (χ2n) is 6.73. The number of nitrogens with one attached hydrogen (secondary N) is 1. The number of sulfonamides is 1. The normalized spacial score (nSPS) is 16.3. The van der Waals surface area contributed by atoms with Gasteiger partial charge in [0.2, 0.25) is 10.0 Å². The molecule has 0 heterocycles. The molecule has 7 heteroatoms. The summed E-state index contributed by atoms with van der Waals surface area (Å²) in [6.07, 6.45) is 4.60. The third-order valence-electron chi connectivity index (χ3n) is 4.41. The smallest absolute Gasteiger partial charge is 0.208 e. The Morgan fingerprint density at radius 1 is 1.11 bits per heavy atom. The standard InChI is InChI=1S/C20H27N3O3S/c1-6-23(10-9-21-27(5,25)26)17-7-8-18(14(2)11-17)22-19-12-16(4)20(24)13-15(19)3/h7-8,11-13,21H,6,9-10H2,1-5H3. The zero-order valence-electron chi connectivity index (χ0n) is 16.5. The van der Waals surface area contributed by atoms with E-state index < -0.39 is 10.0 Å². The Balaban J connectivity index is 2.20. The Hall–Kier alpha value is -2.25. The van der Waals surface area contributed by atoms with Crippen LogP contribution in [0, 0.1) is 6.92 Å². The van der Waals surface area contributed by atoms with Crippen molar-refractivity contribution >= 4 is 32.9 Å². The van der Waals surface area contributed by atoms with Crippen molar-refractivity contribution in [2.75, 3.05) is 30.8 Å². The molecule has 0 fully saturated rings. The van der Waals surface area contributed by atoms with E-state index in [4.69, 9.17) is 4.99 Å². The molecule has 1 aliphatic carbocycles. The monoisotopic (exact) mass is 389 g/mol. The van der Waals surface area contributed by atoms with Gasteiger partial charge in [0.25, 0.3) is 0 Å². The first-order valence-electron chi connectivity index (χ1n) is 8.91. The molecule has 0 amide bonds. The lowest BCUT2D eigenvalue weighted by Crippen LogP contribution is -2.34. The van der Waals surface area contributed by atoms with E-state index in [1.165, 1.54) is 0 Å². The summed E-state index contributed by atoms with van der Waals surface area (Å²) in [4.78, 5) is 18.5. The maximum absolute atomic E-state index is 11.7. The Labute approximate surface area is 161 Å². The van der Waals surface area contributed by atoms with Crippen molar-refractivity contribution in [3.05, 3.63) is 47.1 Å². The molecule has 0 radical (unpaired) electrons. The van der Waals surface area contributed by atoms with Gasteiger partial charge in [0.15, 0.2) is 5.78 Å². The third-order valence-corrected chi connectivity index (χ3v) is 5.14. The van der Waals surface area contributed by atoms with Gasteiger partial charge in [0.05, 0.1) is 17.7 Å². The van der Waals surface area contributed by atoms with Gasteiger partial charge in [-0.15, -0.1) is 0 Å². The summed E-state index contributed by atoms with van der Waals surface area (Å²) >= 11 is 0.